The number of amides is 2. The molecule has 1 saturated heterocycles. The minimum atomic E-state index is -0.115. The molecular weight excluding hydrogens is 400 g/mol. The van der Waals surface area contributed by atoms with E-state index in [1.165, 1.54) is 0 Å². The number of hydrogen-bond donors (Lipinski definition) is 1. The fourth-order valence-electron chi connectivity index (χ4n) is 3.37. The second-order valence-electron chi connectivity index (χ2n) is 6.85. The summed E-state index contributed by atoms with van der Waals surface area (Å²) in [5.41, 5.74) is 2.65. The zero-order valence-corrected chi connectivity index (χ0v) is 17.8. The molecule has 30 heavy (non-hydrogen) atoms. The predicted molar refractivity (Wildman–Crippen MR) is 120 cm³/mol. The van der Waals surface area contributed by atoms with Crippen LogP contribution in [0.4, 0.5) is 15.6 Å². The molecule has 2 aromatic carbocycles. The molecule has 0 unspecified atom stereocenters. The van der Waals surface area contributed by atoms with Crippen LogP contribution in [0.2, 0.25) is 0 Å². The monoisotopic (exact) mass is 424 g/mol. The first-order chi connectivity index (χ1) is 14.7. The van der Waals surface area contributed by atoms with Crippen LogP contribution in [-0.2, 0) is 0 Å². The number of para-hydroxylation sites is 2. The fourth-order valence-corrected chi connectivity index (χ4v) is 4.26. The Hall–Kier alpha value is -3.26. The van der Waals surface area contributed by atoms with Crippen molar-refractivity contribution in [2.75, 3.05) is 50.6 Å². The Balaban J connectivity index is 1.36. The Labute approximate surface area is 179 Å². The standard InChI is InChI=1S/C22H24N4O3S/c1-28-17-7-5-6-16(14-17)19-15-30-22(24-19)26-12-10-25(11-13-26)21(27)23-18-8-3-4-9-20(18)29-2/h3-9,14-15H,10-13H2,1-2H3,(H,23,27). The summed E-state index contributed by atoms with van der Waals surface area (Å²) >= 11 is 1.62. The summed E-state index contributed by atoms with van der Waals surface area (Å²) in [6.45, 7) is 2.75. The molecule has 2 amide bonds. The molecule has 156 valence electrons. The largest absolute Gasteiger partial charge is 0.497 e. The van der Waals surface area contributed by atoms with E-state index in [4.69, 9.17) is 14.5 Å². The van der Waals surface area contributed by atoms with E-state index in [-0.39, 0.29) is 6.03 Å². The number of hydrogen-bond acceptors (Lipinski definition) is 6. The van der Waals surface area contributed by atoms with Gasteiger partial charge >= 0.3 is 6.03 Å². The lowest BCUT2D eigenvalue weighted by Gasteiger charge is -2.34. The highest BCUT2D eigenvalue weighted by Gasteiger charge is 2.23. The number of piperazine rings is 1. The van der Waals surface area contributed by atoms with Gasteiger partial charge < -0.3 is 24.6 Å². The first-order valence-corrected chi connectivity index (χ1v) is 10.6. The first kappa shape index (κ1) is 20.0. The number of carbonyl (C=O) groups is 1. The van der Waals surface area contributed by atoms with Crippen LogP contribution in [0.5, 0.6) is 11.5 Å². The maximum Gasteiger partial charge on any atom is 0.322 e. The van der Waals surface area contributed by atoms with Gasteiger partial charge in [-0.2, -0.15) is 0 Å². The Bertz CT molecular complexity index is 1010. The maximum absolute atomic E-state index is 12.6. The lowest BCUT2D eigenvalue weighted by atomic mass is 10.2. The van der Waals surface area contributed by atoms with E-state index in [0.717, 1.165) is 35.2 Å². The molecule has 1 fully saturated rings. The van der Waals surface area contributed by atoms with Crippen molar-refractivity contribution in [2.24, 2.45) is 0 Å². The number of aromatic nitrogens is 1. The van der Waals surface area contributed by atoms with Gasteiger partial charge in [0, 0.05) is 37.1 Å². The van der Waals surface area contributed by atoms with Crippen molar-refractivity contribution in [1.82, 2.24) is 9.88 Å². The highest BCUT2D eigenvalue weighted by molar-refractivity contribution is 7.14. The molecule has 2 heterocycles. The number of ether oxygens (including phenoxy) is 2. The molecule has 4 rings (SSSR count). The predicted octanol–water partition coefficient (Wildman–Crippen LogP) is 4.18. The number of urea groups is 1. The molecular formula is C22H24N4O3S. The lowest BCUT2D eigenvalue weighted by molar-refractivity contribution is 0.208. The molecule has 1 N–H and O–H groups in total. The summed E-state index contributed by atoms with van der Waals surface area (Å²) in [4.78, 5) is 21.5. The smallest absolute Gasteiger partial charge is 0.322 e. The van der Waals surface area contributed by atoms with E-state index in [1.807, 2.05) is 53.4 Å². The highest BCUT2D eigenvalue weighted by Crippen LogP contribution is 2.30. The summed E-state index contributed by atoms with van der Waals surface area (Å²) in [5, 5.41) is 5.97. The molecule has 0 atom stereocenters. The molecule has 0 aliphatic carbocycles. The summed E-state index contributed by atoms with van der Waals surface area (Å²) in [6.07, 6.45) is 0. The minimum Gasteiger partial charge on any atom is -0.497 e. The van der Waals surface area contributed by atoms with E-state index < -0.39 is 0 Å². The number of rotatable bonds is 5. The summed E-state index contributed by atoms with van der Waals surface area (Å²) < 4.78 is 10.6. The third-order valence-electron chi connectivity index (χ3n) is 5.04. The van der Waals surface area contributed by atoms with Crippen LogP contribution in [0.25, 0.3) is 11.3 Å². The van der Waals surface area contributed by atoms with E-state index in [0.29, 0.717) is 24.5 Å². The Morgan fingerprint density at radius 3 is 2.60 bits per heavy atom. The number of nitrogens with one attached hydrogen (secondary N) is 1. The molecule has 0 radical (unpaired) electrons. The second kappa shape index (κ2) is 9.04. The van der Waals surface area contributed by atoms with Gasteiger partial charge in [-0.25, -0.2) is 9.78 Å². The van der Waals surface area contributed by atoms with Crippen LogP contribution in [0.15, 0.2) is 53.9 Å². The molecule has 0 bridgehead atoms. The third-order valence-corrected chi connectivity index (χ3v) is 5.94. The Kier molecular flexibility index (Phi) is 6.04. The van der Waals surface area contributed by atoms with Crippen molar-refractivity contribution in [1.29, 1.82) is 0 Å². The fraction of sp³-hybridized carbons (Fsp3) is 0.273. The third kappa shape index (κ3) is 4.33. The average Bonchev–Trinajstić information content (AvgIpc) is 3.30. The van der Waals surface area contributed by atoms with Gasteiger partial charge in [-0.15, -0.1) is 11.3 Å². The molecule has 8 heteroatoms. The number of benzene rings is 2. The van der Waals surface area contributed by atoms with E-state index in [9.17, 15) is 4.79 Å². The van der Waals surface area contributed by atoms with Crippen molar-refractivity contribution < 1.29 is 14.3 Å². The molecule has 1 aliphatic rings. The zero-order valence-electron chi connectivity index (χ0n) is 17.0. The Morgan fingerprint density at radius 1 is 1.03 bits per heavy atom. The van der Waals surface area contributed by atoms with Crippen molar-refractivity contribution in [2.45, 2.75) is 0 Å². The van der Waals surface area contributed by atoms with Gasteiger partial charge in [0.05, 0.1) is 25.6 Å². The van der Waals surface area contributed by atoms with Gasteiger partial charge in [0.25, 0.3) is 0 Å². The topological polar surface area (TPSA) is 66.9 Å². The number of carbonyl (C=O) groups excluding carboxylic acids is 1. The van der Waals surface area contributed by atoms with Gasteiger partial charge in [0.1, 0.15) is 11.5 Å². The number of nitrogens with zero attached hydrogens (tertiary/aromatic N) is 3. The van der Waals surface area contributed by atoms with E-state index in [1.54, 1.807) is 25.6 Å². The maximum atomic E-state index is 12.6. The molecule has 0 spiro atoms. The summed E-state index contributed by atoms with van der Waals surface area (Å²) in [5.74, 6) is 1.47. The highest BCUT2D eigenvalue weighted by atomic mass is 32.1. The van der Waals surface area contributed by atoms with Crippen molar-refractivity contribution >= 4 is 28.2 Å². The number of anilines is 2. The van der Waals surface area contributed by atoms with Crippen LogP contribution in [0, 0.1) is 0 Å². The second-order valence-corrected chi connectivity index (χ2v) is 7.69. The van der Waals surface area contributed by atoms with Gasteiger partial charge in [-0.1, -0.05) is 24.3 Å². The molecule has 1 aromatic heterocycles. The Morgan fingerprint density at radius 2 is 1.83 bits per heavy atom. The van der Waals surface area contributed by atoms with Crippen LogP contribution in [-0.4, -0.2) is 56.3 Å². The van der Waals surface area contributed by atoms with Crippen LogP contribution < -0.4 is 19.7 Å². The van der Waals surface area contributed by atoms with Crippen LogP contribution in [0.1, 0.15) is 0 Å². The van der Waals surface area contributed by atoms with Crippen molar-refractivity contribution in [3.8, 4) is 22.8 Å². The minimum absolute atomic E-state index is 0.115. The SMILES string of the molecule is COc1cccc(-c2csc(N3CCN(C(=O)Nc4ccccc4OC)CC3)n2)c1. The van der Waals surface area contributed by atoms with Crippen molar-refractivity contribution in [3.05, 3.63) is 53.9 Å². The lowest BCUT2D eigenvalue weighted by Crippen LogP contribution is -2.50. The zero-order chi connectivity index (χ0) is 20.9. The van der Waals surface area contributed by atoms with Gasteiger partial charge in [0.15, 0.2) is 5.13 Å². The van der Waals surface area contributed by atoms with Gasteiger partial charge in [-0.3, -0.25) is 0 Å². The van der Waals surface area contributed by atoms with Crippen LogP contribution in [0.3, 0.4) is 0 Å². The molecule has 1 aliphatic heterocycles. The molecule has 7 nitrogen and oxygen atoms in total. The average molecular weight is 425 g/mol. The summed E-state index contributed by atoms with van der Waals surface area (Å²) in [6, 6.07) is 15.2. The molecule has 3 aromatic rings. The van der Waals surface area contributed by atoms with E-state index in [2.05, 4.69) is 15.6 Å². The quantitative estimate of drug-likeness (QED) is 0.666. The van der Waals surface area contributed by atoms with Gasteiger partial charge in [0.2, 0.25) is 0 Å². The first-order valence-electron chi connectivity index (χ1n) is 9.72. The number of methoxy groups -OCH3 is 2. The van der Waals surface area contributed by atoms with Gasteiger partial charge in [-0.05, 0) is 24.3 Å². The summed E-state index contributed by atoms with van der Waals surface area (Å²) in [7, 11) is 3.26. The van der Waals surface area contributed by atoms with Crippen molar-refractivity contribution in [3.63, 3.8) is 0 Å². The number of thiazole rings is 1. The van der Waals surface area contributed by atoms with Crippen LogP contribution >= 0.6 is 11.3 Å². The molecule has 0 saturated carbocycles. The van der Waals surface area contributed by atoms with E-state index >= 15 is 0 Å². The normalized spacial score (nSPS) is 13.8.